The molecule has 0 spiro atoms. The van der Waals surface area contributed by atoms with Gasteiger partial charge in [-0.2, -0.15) is 13.2 Å². The van der Waals surface area contributed by atoms with Gasteiger partial charge in [-0.15, -0.1) is 0 Å². The summed E-state index contributed by atoms with van der Waals surface area (Å²) in [5.41, 5.74) is -3.71. The van der Waals surface area contributed by atoms with Gasteiger partial charge >= 0.3 is 6.18 Å². The smallest absolute Gasteiger partial charge is 0.376 e. The topological polar surface area (TPSA) is 20.2 Å². The molecule has 0 saturated carbocycles. The summed E-state index contributed by atoms with van der Waals surface area (Å²) in [6, 6.07) is 2.43. The fourth-order valence-electron chi connectivity index (χ4n) is 1.43. The average molecular weight is 308 g/mol. The van der Waals surface area contributed by atoms with Gasteiger partial charge < -0.3 is 5.11 Å². The first-order valence-corrected chi connectivity index (χ1v) is 5.71. The number of halogens is 6. The minimum Gasteiger partial charge on any atom is -0.376 e. The predicted octanol–water partition coefficient (Wildman–Crippen LogP) is 4.81. The predicted molar refractivity (Wildman–Crippen MR) is 61.7 cm³/mol. The lowest BCUT2D eigenvalue weighted by molar-refractivity contribution is -0.267. The van der Waals surface area contributed by atoms with E-state index in [1.807, 2.05) is 0 Å². The zero-order chi connectivity index (χ0) is 13.4. The van der Waals surface area contributed by atoms with Crippen LogP contribution in [0.5, 0.6) is 0 Å². The van der Waals surface area contributed by atoms with E-state index in [2.05, 4.69) is 0 Å². The summed E-state index contributed by atoms with van der Waals surface area (Å²) in [5, 5.41) is 9.00. The zero-order valence-electron chi connectivity index (χ0n) is 8.58. The third kappa shape index (κ3) is 2.50. The molecule has 0 fully saturated rings. The molecule has 0 bridgehead atoms. The molecule has 17 heavy (non-hydrogen) atoms. The van der Waals surface area contributed by atoms with E-state index in [0.717, 1.165) is 6.07 Å². The standard InChI is InChI=1S/C10H8Cl3F3O/c1-2-9(17,10(14,15)16)7-5(11)3-4-6(12)8(7)13/h3-4,17H,2H2,1H3. The van der Waals surface area contributed by atoms with E-state index >= 15 is 0 Å². The lowest BCUT2D eigenvalue weighted by atomic mass is 9.90. The van der Waals surface area contributed by atoms with Gasteiger partial charge in [0.15, 0.2) is 5.60 Å². The van der Waals surface area contributed by atoms with Gasteiger partial charge in [0.2, 0.25) is 0 Å². The number of hydrogen-bond acceptors (Lipinski definition) is 1. The second-order valence-electron chi connectivity index (χ2n) is 3.43. The van der Waals surface area contributed by atoms with E-state index in [1.54, 1.807) is 0 Å². The summed E-state index contributed by atoms with van der Waals surface area (Å²) in [6.07, 6.45) is -5.50. The number of benzene rings is 1. The summed E-state index contributed by atoms with van der Waals surface area (Å²) in [4.78, 5) is 0. The van der Waals surface area contributed by atoms with Gasteiger partial charge in [0.05, 0.1) is 10.0 Å². The maximum absolute atomic E-state index is 12.9. The van der Waals surface area contributed by atoms with Crippen LogP contribution >= 0.6 is 34.8 Å². The van der Waals surface area contributed by atoms with Crippen molar-refractivity contribution in [2.24, 2.45) is 0 Å². The van der Waals surface area contributed by atoms with Crippen molar-refractivity contribution in [2.75, 3.05) is 0 Å². The summed E-state index contributed by atoms with van der Waals surface area (Å²) < 4.78 is 38.6. The SMILES string of the molecule is CCC(O)(c1c(Cl)ccc(Cl)c1Cl)C(F)(F)F. The van der Waals surface area contributed by atoms with Crippen molar-refractivity contribution >= 4 is 34.8 Å². The minimum absolute atomic E-state index is 0.0952. The van der Waals surface area contributed by atoms with Gasteiger partial charge in [-0.1, -0.05) is 41.7 Å². The van der Waals surface area contributed by atoms with E-state index in [4.69, 9.17) is 34.8 Å². The molecule has 0 aliphatic heterocycles. The van der Waals surface area contributed by atoms with Gasteiger partial charge in [-0.25, -0.2) is 0 Å². The Balaban J connectivity index is 3.56. The van der Waals surface area contributed by atoms with Crippen LogP contribution in [0, 0.1) is 0 Å². The van der Waals surface area contributed by atoms with Crippen LogP contribution in [0.3, 0.4) is 0 Å². The summed E-state index contributed by atoms with van der Waals surface area (Å²) in [6.45, 7) is 1.18. The molecule has 0 radical (unpaired) electrons. The van der Waals surface area contributed by atoms with Crippen molar-refractivity contribution in [1.29, 1.82) is 0 Å². The lowest BCUT2D eigenvalue weighted by Crippen LogP contribution is -2.42. The number of alkyl halides is 3. The van der Waals surface area contributed by atoms with Crippen LogP contribution in [0.2, 0.25) is 15.1 Å². The molecule has 0 aliphatic carbocycles. The largest absolute Gasteiger partial charge is 0.421 e. The van der Waals surface area contributed by atoms with E-state index in [9.17, 15) is 18.3 Å². The maximum atomic E-state index is 12.9. The van der Waals surface area contributed by atoms with E-state index in [0.29, 0.717) is 0 Å². The fourth-order valence-corrected chi connectivity index (χ4v) is 2.27. The first-order valence-electron chi connectivity index (χ1n) is 4.58. The fraction of sp³-hybridized carbons (Fsp3) is 0.400. The molecule has 0 saturated heterocycles. The quantitative estimate of drug-likeness (QED) is 0.778. The van der Waals surface area contributed by atoms with Crippen molar-refractivity contribution in [3.05, 3.63) is 32.8 Å². The molecule has 96 valence electrons. The second-order valence-corrected chi connectivity index (χ2v) is 4.62. The summed E-state index contributed by atoms with van der Waals surface area (Å²) in [7, 11) is 0. The van der Waals surface area contributed by atoms with Gasteiger partial charge in [-0.05, 0) is 18.6 Å². The van der Waals surface area contributed by atoms with Crippen LogP contribution in [-0.2, 0) is 5.60 Å². The van der Waals surface area contributed by atoms with Gasteiger partial charge in [-0.3, -0.25) is 0 Å². The van der Waals surface area contributed by atoms with Crippen LogP contribution in [0.1, 0.15) is 18.9 Å². The molecule has 0 aliphatic rings. The molecule has 7 heteroatoms. The highest BCUT2D eigenvalue weighted by Crippen LogP contribution is 2.48. The Morgan fingerprint density at radius 3 is 2.00 bits per heavy atom. The van der Waals surface area contributed by atoms with Crippen molar-refractivity contribution in [3.63, 3.8) is 0 Å². The maximum Gasteiger partial charge on any atom is 0.421 e. The molecule has 1 unspecified atom stereocenters. The van der Waals surface area contributed by atoms with Crippen LogP contribution in [-0.4, -0.2) is 11.3 Å². The Bertz CT molecular complexity index is 434. The molecular weight excluding hydrogens is 299 g/mol. The summed E-state index contributed by atoms with van der Waals surface area (Å²) >= 11 is 17.0. The van der Waals surface area contributed by atoms with Crippen LogP contribution < -0.4 is 0 Å². The highest BCUT2D eigenvalue weighted by Gasteiger charge is 2.55. The average Bonchev–Trinajstić information content (AvgIpc) is 2.22. The number of aliphatic hydroxyl groups is 1. The van der Waals surface area contributed by atoms with Crippen LogP contribution in [0.15, 0.2) is 12.1 Å². The first-order chi connectivity index (χ1) is 7.65. The molecule has 1 aromatic rings. The van der Waals surface area contributed by atoms with E-state index < -0.39 is 23.8 Å². The molecule has 1 aromatic carbocycles. The Morgan fingerprint density at radius 1 is 1.12 bits per heavy atom. The summed E-state index contributed by atoms with van der Waals surface area (Å²) in [5.74, 6) is 0. The third-order valence-corrected chi connectivity index (χ3v) is 3.56. The Hall–Kier alpha value is -0.160. The lowest BCUT2D eigenvalue weighted by Gasteiger charge is -2.31. The zero-order valence-corrected chi connectivity index (χ0v) is 10.8. The van der Waals surface area contributed by atoms with E-state index in [-0.39, 0.29) is 15.1 Å². The Kier molecular flexibility index (Phi) is 4.24. The number of hydrogen-bond donors (Lipinski definition) is 1. The van der Waals surface area contributed by atoms with Crippen molar-refractivity contribution in [3.8, 4) is 0 Å². The Labute approximate surface area is 111 Å². The van der Waals surface area contributed by atoms with Crippen molar-refractivity contribution in [1.82, 2.24) is 0 Å². The third-order valence-electron chi connectivity index (χ3n) is 2.44. The first kappa shape index (κ1) is 14.9. The second kappa shape index (κ2) is 4.84. The molecular formula is C10H8Cl3F3O. The molecule has 0 amide bonds. The van der Waals surface area contributed by atoms with Crippen LogP contribution in [0.4, 0.5) is 13.2 Å². The van der Waals surface area contributed by atoms with Crippen molar-refractivity contribution in [2.45, 2.75) is 25.1 Å². The van der Waals surface area contributed by atoms with Gasteiger partial charge in [0.1, 0.15) is 0 Å². The monoisotopic (exact) mass is 306 g/mol. The minimum atomic E-state index is -4.89. The number of rotatable bonds is 2. The molecule has 0 heterocycles. The molecule has 1 nitrogen and oxygen atoms in total. The molecule has 1 rings (SSSR count). The highest BCUT2D eigenvalue weighted by atomic mass is 35.5. The van der Waals surface area contributed by atoms with Crippen LogP contribution in [0.25, 0.3) is 0 Å². The highest BCUT2D eigenvalue weighted by molar-refractivity contribution is 6.44. The Morgan fingerprint density at radius 2 is 1.59 bits per heavy atom. The van der Waals surface area contributed by atoms with E-state index in [1.165, 1.54) is 13.0 Å². The molecule has 1 N–H and O–H groups in total. The van der Waals surface area contributed by atoms with Gasteiger partial charge in [0.25, 0.3) is 0 Å². The van der Waals surface area contributed by atoms with Gasteiger partial charge in [0, 0.05) is 10.6 Å². The van der Waals surface area contributed by atoms with Crippen molar-refractivity contribution < 1.29 is 18.3 Å². The molecule has 0 aromatic heterocycles. The normalized spacial score (nSPS) is 15.8. The molecule has 1 atom stereocenters.